The number of aryl methyl sites for hydroxylation is 1. The molecule has 2 amide bonds. The van der Waals surface area contributed by atoms with Crippen LogP contribution in [0.15, 0.2) is 60.8 Å². The van der Waals surface area contributed by atoms with Crippen molar-refractivity contribution in [3.8, 4) is 5.82 Å². The topological polar surface area (TPSA) is 96.2 Å². The summed E-state index contributed by atoms with van der Waals surface area (Å²) in [4.78, 5) is 39.7. The van der Waals surface area contributed by atoms with Gasteiger partial charge in [0.1, 0.15) is 0 Å². The first-order valence-corrected chi connectivity index (χ1v) is 12.7. The number of carbonyl (C=O) groups is 2. The second-order valence-corrected chi connectivity index (χ2v) is 9.74. The fourth-order valence-corrected chi connectivity index (χ4v) is 4.91. The Hall–Kier alpha value is -4.11. The van der Waals surface area contributed by atoms with Crippen LogP contribution in [0.2, 0.25) is 0 Å². The van der Waals surface area contributed by atoms with Crippen LogP contribution in [0, 0.1) is 6.92 Å². The molecule has 1 aliphatic carbocycles. The lowest BCUT2D eigenvalue weighted by Gasteiger charge is -2.34. The fourth-order valence-electron chi connectivity index (χ4n) is 4.91. The van der Waals surface area contributed by atoms with Crippen molar-refractivity contribution in [2.75, 3.05) is 38.0 Å². The Labute approximate surface area is 215 Å². The molecule has 0 bridgehead atoms. The standard InChI is InChI=1S/C28H29N7O2/c1-19-26-22(17-23(20-10-11-20)31-27(26)35(32-19)24-9-5-6-12-29-24)28(37)34-15-13-33(14-16-34)18-25(36)30-21-7-3-2-4-8-21/h2-9,12,17,20H,10-11,13-16,18H2,1H3,(H,30,36). The lowest BCUT2D eigenvalue weighted by atomic mass is 10.1. The number of benzene rings is 1. The normalized spacial score (nSPS) is 16.2. The Kier molecular flexibility index (Phi) is 6.13. The molecule has 9 nitrogen and oxygen atoms in total. The molecule has 0 spiro atoms. The minimum Gasteiger partial charge on any atom is -0.336 e. The molecule has 1 saturated heterocycles. The predicted molar refractivity (Wildman–Crippen MR) is 141 cm³/mol. The second kappa shape index (κ2) is 9.74. The quantitative estimate of drug-likeness (QED) is 0.441. The van der Waals surface area contributed by atoms with Gasteiger partial charge in [0, 0.05) is 49.7 Å². The third-order valence-corrected chi connectivity index (χ3v) is 7.01. The number of nitrogens with zero attached hydrogens (tertiary/aromatic N) is 6. The lowest BCUT2D eigenvalue weighted by molar-refractivity contribution is -0.117. The third-order valence-electron chi connectivity index (χ3n) is 7.01. The summed E-state index contributed by atoms with van der Waals surface area (Å²) >= 11 is 0. The number of fused-ring (bicyclic) bond motifs is 1. The van der Waals surface area contributed by atoms with Crippen LogP contribution in [0.3, 0.4) is 0 Å². The summed E-state index contributed by atoms with van der Waals surface area (Å²) in [5.41, 5.74) is 3.83. The van der Waals surface area contributed by atoms with Gasteiger partial charge < -0.3 is 10.2 Å². The minimum atomic E-state index is -0.0477. The smallest absolute Gasteiger partial charge is 0.254 e. The number of piperazine rings is 1. The van der Waals surface area contributed by atoms with Gasteiger partial charge in [0.05, 0.1) is 23.2 Å². The summed E-state index contributed by atoms with van der Waals surface area (Å²) < 4.78 is 1.75. The number of rotatable bonds is 6. The van der Waals surface area contributed by atoms with Gasteiger partial charge in [0.25, 0.3) is 5.91 Å². The van der Waals surface area contributed by atoms with Crippen molar-refractivity contribution < 1.29 is 9.59 Å². The van der Waals surface area contributed by atoms with Crippen LogP contribution in [0.5, 0.6) is 0 Å². The molecular weight excluding hydrogens is 466 g/mol. The number of aromatic nitrogens is 4. The molecule has 4 aromatic rings. The summed E-state index contributed by atoms with van der Waals surface area (Å²) in [5.74, 6) is 1.02. The van der Waals surface area contributed by atoms with E-state index in [0.717, 1.165) is 35.3 Å². The molecule has 4 heterocycles. The van der Waals surface area contributed by atoms with Crippen LogP contribution >= 0.6 is 0 Å². The summed E-state index contributed by atoms with van der Waals surface area (Å²) in [6, 6.07) is 17.1. The van der Waals surface area contributed by atoms with Crippen molar-refractivity contribution in [2.45, 2.75) is 25.7 Å². The van der Waals surface area contributed by atoms with Gasteiger partial charge in [0.15, 0.2) is 11.5 Å². The van der Waals surface area contributed by atoms with Gasteiger partial charge in [-0.2, -0.15) is 9.78 Å². The fraction of sp³-hybridized carbons (Fsp3) is 0.321. The molecule has 0 unspecified atom stereocenters. The zero-order valence-corrected chi connectivity index (χ0v) is 20.8. The first kappa shape index (κ1) is 23.3. The van der Waals surface area contributed by atoms with E-state index in [1.54, 1.807) is 10.9 Å². The molecule has 0 atom stereocenters. The van der Waals surface area contributed by atoms with E-state index in [1.807, 2.05) is 66.4 Å². The summed E-state index contributed by atoms with van der Waals surface area (Å²) in [6.45, 7) is 4.63. The zero-order chi connectivity index (χ0) is 25.4. The van der Waals surface area contributed by atoms with E-state index in [9.17, 15) is 9.59 Å². The van der Waals surface area contributed by atoms with Gasteiger partial charge in [-0.25, -0.2) is 9.97 Å². The van der Waals surface area contributed by atoms with Crippen molar-refractivity contribution in [2.24, 2.45) is 0 Å². The van der Waals surface area contributed by atoms with E-state index in [4.69, 9.17) is 10.1 Å². The van der Waals surface area contributed by atoms with Crippen LogP contribution in [-0.4, -0.2) is 74.1 Å². The molecule has 1 N–H and O–H groups in total. The van der Waals surface area contributed by atoms with E-state index in [2.05, 4.69) is 15.2 Å². The van der Waals surface area contributed by atoms with Gasteiger partial charge in [-0.15, -0.1) is 0 Å². The molecule has 6 rings (SSSR count). The largest absolute Gasteiger partial charge is 0.336 e. The van der Waals surface area contributed by atoms with Crippen LogP contribution < -0.4 is 5.32 Å². The zero-order valence-electron chi connectivity index (χ0n) is 20.8. The number of carbonyl (C=O) groups excluding carboxylic acids is 2. The first-order valence-electron chi connectivity index (χ1n) is 12.7. The van der Waals surface area contributed by atoms with Crippen LogP contribution in [0.1, 0.15) is 40.5 Å². The maximum Gasteiger partial charge on any atom is 0.254 e. The van der Waals surface area contributed by atoms with E-state index < -0.39 is 0 Å². The lowest BCUT2D eigenvalue weighted by Crippen LogP contribution is -2.50. The number of para-hydroxylation sites is 1. The number of hydrogen-bond acceptors (Lipinski definition) is 6. The first-order chi connectivity index (χ1) is 18.1. The van der Waals surface area contributed by atoms with Crippen molar-refractivity contribution in [3.05, 3.63) is 77.7 Å². The highest BCUT2D eigenvalue weighted by Gasteiger charge is 2.31. The molecule has 1 aliphatic heterocycles. The summed E-state index contributed by atoms with van der Waals surface area (Å²) in [7, 11) is 0. The van der Waals surface area contributed by atoms with Gasteiger partial charge in [0.2, 0.25) is 5.91 Å². The Morgan fingerprint density at radius 3 is 2.46 bits per heavy atom. The minimum absolute atomic E-state index is 0.00800. The molecule has 2 fully saturated rings. The SMILES string of the molecule is Cc1nn(-c2ccccn2)c2nc(C3CC3)cc(C(=O)N3CCN(CC(=O)Nc4ccccc4)CC3)c12. The molecule has 188 valence electrons. The number of hydrogen-bond donors (Lipinski definition) is 1. The molecule has 0 radical (unpaired) electrons. The Bertz CT molecular complexity index is 1440. The Balaban J connectivity index is 1.21. The molecule has 9 heteroatoms. The highest BCUT2D eigenvalue weighted by molar-refractivity contribution is 6.07. The van der Waals surface area contributed by atoms with Crippen LogP contribution in [-0.2, 0) is 4.79 Å². The molecule has 1 aromatic carbocycles. The summed E-state index contributed by atoms with van der Waals surface area (Å²) in [5, 5.41) is 8.43. The Morgan fingerprint density at radius 2 is 1.76 bits per heavy atom. The number of amides is 2. The molecular formula is C28H29N7O2. The second-order valence-electron chi connectivity index (χ2n) is 9.74. The third kappa shape index (κ3) is 4.82. The highest BCUT2D eigenvalue weighted by atomic mass is 16.2. The maximum atomic E-state index is 13.8. The average Bonchev–Trinajstić information content (AvgIpc) is 3.73. The molecule has 2 aliphatic rings. The van der Waals surface area contributed by atoms with Gasteiger partial charge in [-0.1, -0.05) is 24.3 Å². The number of anilines is 1. The van der Waals surface area contributed by atoms with Gasteiger partial charge in [-0.3, -0.25) is 14.5 Å². The van der Waals surface area contributed by atoms with Gasteiger partial charge >= 0.3 is 0 Å². The van der Waals surface area contributed by atoms with E-state index in [-0.39, 0.29) is 11.8 Å². The predicted octanol–water partition coefficient (Wildman–Crippen LogP) is 3.40. The maximum absolute atomic E-state index is 13.8. The van der Waals surface area contributed by atoms with E-state index in [0.29, 0.717) is 55.7 Å². The average molecular weight is 496 g/mol. The summed E-state index contributed by atoms with van der Waals surface area (Å²) in [6.07, 6.45) is 3.91. The van der Waals surface area contributed by atoms with Crippen LogP contribution in [0.25, 0.3) is 16.9 Å². The van der Waals surface area contributed by atoms with Crippen LogP contribution in [0.4, 0.5) is 5.69 Å². The highest BCUT2D eigenvalue weighted by Crippen LogP contribution is 2.41. The van der Waals surface area contributed by atoms with E-state index >= 15 is 0 Å². The molecule has 3 aromatic heterocycles. The number of pyridine rings is 2. The Morgan fingerprint density at radius 1 is 1.00 bits per heavy atom. The number of nitrogens with one attached hydrogen (secondary N) is 1. The van der Waals surface area contributed by atoms with Gasteiger partial charge in [-0.05, 0) is 50.1 Å². The van der Waals surface area contributed by atoms with Crippen molar-refractivity contribution >= 4 is 28.5 Å². The molecule has 1 saturated carbocycles. The van der Waals surface area contributed by atoms with Crippen molar-refractivity contribution in [3.63, 3.8) is 0 Å². The van der Waals surface area contributed by atoms with Crippen molar-refractivity contribution in [1.29, 1.82) is 0 Å². The molecule has 37 heavy (non-hydrogen) atoms. The van der Waals surface area contributed by atoms with E-state index in [1.165, 1.54) is 0 Å². The monoisotopic (exact) mass is 495 g/mol. The van der Waals surface area contributed by atoms with Crippen molar-refractivity contribution in [1.82, 2.24) is 29.5 Å².